The topological polar surface area (TPSA) is 118 Å². The number of benzene rings is 3. The molecule has 0 aliphatic carbocycles. The highest BCUT2D eigenvalue weighted by Crippen LogP contribution is 2.27. The van der Waals surface area contributed by atoms with Crippen LogP contribution in [0.2, 0.25) is 0 Å². The Kier molecular flexibility index (Phi) is 9.78. The van der Waals surface area contributed by atoms with Gasteiger partial charge in [0.05, 0.1) is 13.3 Å². The van der Waals surface area contributed by atoms with Crippen molar-refractivity contribution in [2.24, 2.45) is 5.10 Å². The molecule has 0 bridgehead atoms. The minimum absolute atomic E-state index is 0.202. The van der Waals surface area contributed by atoms with Crippen LogP contribution < -0.4 is 25.5 Å². The molecule has 9 nitrogen and oxygen atoms in total. The number of amides is 3. The molecule has 0 saturated carbocycles. The van der Waals surface area contributed by atoms with Crippen LogP contribution in [0.3, 0.4) is 0 Å². The lowest BCUT2D eigenvalue weighted by Gasteiger charge is -2.12. The molecule has 0 radical (unpaired) electrons. The van der Waals surface area contributed by atoms with Crippen molar-refractivity contribution >= 4 is 29.6 Å². The summed E-state index contributed by atoms with van der Waals surface area (Å²) in [6.45, 7) is 4.11. The molecule has 3 aromatic carbocycles. The molecule has 0 fully saturated rings. The molecule has 0 heterocycles. The van der Waals surface area contributed by atoms with Crippen LogP contribution >= 0.6 is 0 Å². The first kappa shape index (κ1) is 26.9. The van der Waals surface area contributed by atoms with Crippen LogP contribution in [0.15, 0.2) is 71.8 Å². The van der Waals surface area contributed by atoms with E-state index in [9.17, 15) is 14.4 Å². The fourth-order valence-corrected chi connectivity index (χ4v) is 3.30. The van der Waals surface area contributed by atoms with Crippen molar-refractivity contribution < 1.29 is 23.9 Å². The van der Waals surface area contributed by atoms with Crippen molar-refractivity contribution in [1.82, 2.24) is 10.7 Å². The summed E-state index contributed by atoms with van der Waals surface area (Å²) in [6.07, 6.45) is 1.98. The van der Waals surface area contributed by atoms with E-state index < -0.39 is 11.8 Å². The third-order valence-electron chi connectivity index (χ3n) is 5.47. The molecule has 0 aliphatic rings. The van der Waals surface area contributed by atoms with Crippen molar-refractivity contribution in [2.45, 2.75) is 20.3 Å². The zero-order valence-corrected chi connectivity index (χ0v) is 21.0. The molecule has 3 aromatic rings. The van der Waals surface area contributed by atoms with Crippen LogP contribution in [0.1, 0.15) is 22.3 Å². The zero-order chi connectivity index (χ0) is 26.6. The van der Waals surface area contributed by atoms with Gasteiger partial charge in [0, 0.05) is 12.2 Å². The number of rotatable bonds is 10. The maximum absolute atomic E-state index is 12.3. The minimum Gasteiger partial charge on any atom is -0.493 e. The predicted octanol–water partition coefficient (Wildman–Crippen LogP) is 3.14. The molecule has 0 saturated heterocycles. The van der Waals surface area contributed by atoms with E-state index in [1.165, 1.54) is 13.3 Å². The highest BCUT2D eigenvalue weighted by molar-refractivity contribution is 6.35. The molecule has 0 aromatic heterocycles. The van der Waals surface area contributed by atoms with E-state index >= 15 is 0 Å². The van der Waals surface area contributed by atoms with Gasteiger partial charge in [-0.15, -0.1) is 0 Å². The number of nitrogens with zero attached hydrogens (tertiary/aromatic N) is 1. The summed E-state index contributed by atoms with van der Waals surface area (Å²) in [5, 5.41) is 9.18. The number of hydrogen-bond donors (Lipinski definition) is 3. The Morgan fingerprint density at radius 2 is 1.68 bits per heavy atom. The van der Waals surface area contributed by atoms with Crippen LogP contribution in [-0.2, 0) is 20.8 Å². The number of hydrogen-bond acceptors (Lipinski definition) is 6. The van der Waals surface area contributed by atoms with Gasteiger partial charge in [0.1, 0.15) is 0 Å². The standard InChI is InChI=1S/C28H30N4O5/c1-19-9-11-23(15-20(19)2)31-26(33)18-37-24-12-10-22(16-25(24)36-3)17-30-32-28(35)27(34)29-14-13-21-7-5-4-6-8-21/h4-12,15-17H,13-14,18H2,1-3H3,(H,29,34)(H,31,33)(H,32,35)/b30-17-. The van der Waals surface area contributed by atoms with E-state index in [4.69, 9.17) is 9.47 Å². The van der Waals surface area contributed by atoms with Crippen molar-refractivity contribution in [1.29, 1.82) is 0 Å². The third kappa shape index (κ3) is 8.50. The number of nitrogens with one attached hydrogen (secondary N) is 3. The van der Waals surface area contributed by atoms with E-state index in [2.05, 4.69) is 21.2 Å². The first-order valence-electron chi connectivity index (χ1n) is 11.7. The summed E-state index contributed by atoms with van der Waals surface area (Å²) in [6, 6.07) is 20.2. The highest BCUT2D eigenvalue weighted by atomic mass is 16.5. The Labute approximate surface area is 215 Å². The van der Waals surface area contributed by atoms with Crippen molar-refractivity contribution in [3.05, 3.63) is 89.0 Å². The van der Waals surface area contributed by atoms with E-state index in [0.29, 0.717) is 35.7 Å². The van der Waals surface area contributed by atoms with Crippen LogP contribution in [0.4, 0.5) is 5.69 Å². The fraction of sp³-hybridized carbons (Fsp3) is 0.214. The lowest BCUT2D eigenvalue weighted by molar-refractivity contribution is -0.139. The SMILES string of the molecule is COc1cc(/C=N\NC(=O)C(=O)NCCc2ccccc2)ccc1OCC(=O)Nc1ccc(C)c(C)c1. The molecular formula is C28H30N4O5. The van der Waals surface area contributed by atoms with Crippen molar-refractivity contribution in [3.8, 4) is 11.5 Å². The van der Waals surface area contributed by atoms with E-state index in [1.54, 1.807) is 18.2 Å². The maximum Gasteiger partial charge on any atom is 0.329 e. The lowest BCUT2D eigenvalue weighted by atomic mass is 10.1. The summed E-state index contributed by atoms with van der Waals surface area (Å²) in [5.74, 6) is -1.19. The summed E-state index contributed by atoms with van der Waals surface area (Å²) < 4.78 is 11.0. The van der Waals surface area contributed by atoms with Gasteiger partial charge in [-0.25, -0.2) is 5.43 Å². The molecule has 37 heavy (non-hydrogen) atoms. The van der Waals surface area contributed by atoms with Gasteiger partial charge >= 0.3 is 11.8 Å². The van der Waals surface area contributed by atoms with Gasteiger partial charge in [-0.05, 0) is 72.9 Å². The van der Waals surface area contributed by atoms with Crippen LogP contribution in [-0.4, -0.2) is 44.2 Å². The average Bonchev–Trinajstić information content (AvgIpc) is 2.90. The second-order valence-corrected chi connectivity index (χ2v) is 8.24. The molecule has 0 unspecified atom stereocenters. The molecule has 9 heteroatoms. The smallest absolute Gasteiger partial charge is 0.329 e. The summed E-state index contributed by atoms with van der Waals surface area (Å²) in [7, 11) is 1.47. The maximum atomic E-state index is 12.3. The fourth-order valence-electron chi connectivity index (χ4n) is 3.30. The van der Waals surface area contributed by atoms with Gasteiger partial charge in [-0.2, -0.15) is 5.10 Å². The van der Waals surface area contributed by atoms with E-state index in [1.807, 2.05) is 62.4 Å². The second kappa shape index (κ2) is 13.4. The van der Waals surface area contributed by atoms with Gasteiger partial charge < -0.3 is 20.1 Å². The number of methoxy groups -OCH3 is 1. The molecule has 0 aliphatic heterocycles. The van der Waals surface area contributed by atoms with Crippen molar-refractivity contribution in [3.63, 3.8) is 0 Å². The predicted molar refractivity (Wildman–Crippen MR) is 142 cm³/mol. The molecule has 3 N–H and O–H groups in total. The average molecular weight is 503 g/mol. The normalized spacial score (nSPS) is 10.6. The number of carbonyl (C=O) groups is 3. The number of carbonyl (C=O) groups excluding carboxylic acids is 3. The van der Waals surface area contributed by atoms with E-state index in [0.717, 1.165) is 16.7 Å². The lowest BCUT2D eigenvalue weighted by Crippen LogP contribution is -2.38. The summed E-state index contributed by atoms with van der Waals surface area (Å²) >= 11 is 0. The first-order valence-corrected chi connectivity index (χ1v) is 11.7. The molecule has 3 rings (SSSR count). The Morgan fingerprint density at radius 1 is 0.892 bits per heavy atom. The second-order valence-electron chi connectivity index (χ2n) is 8.24. The quantitative estimate of drug-likeness (QED) is 0.224. The van der Waals surface area contributed by atoms with Crippen LogP contribution in [0, 0.1) is 13.8 Å². The van der Waals surface area contributed by atoms with Gasteiger partial charge in [0.15, 0.2) is 18.1 Å². The van der Waals surface area contributed by atoms with Gasteiger partial charge in [-0.3, -0.25) is 14.4 Å². The summed E-state index contributed by atoms with van der Waals surface area (Å²) in [4.78, 5) is 36.2. The molecular weight excluding hydrogens is 472 g/mol. The summed E-state index contributed by atoms with van der Waals surface area (Å²) in [5.41, 5.74) is 6.77. The highest BCUT2D eigenvalue weighted by Gasteiger charge is 2.12. The van der Waals surface area contributed by atoms with E-state index in [-0.39, 0.29) is 12.5 Å². The Balaban J connectivity index is 1.46. The molecule has 192 valence electrons. The Hall–Kier alpha value is -4.66. The number of ether oxygens (including phenoxy) is 2. The third-order valence-corrected chi connectivity index (χ3v) is 5.47. The Bertz CT molecular complexity index is 1270. The minimum atomic E-state index is -0.869. The molecule has 0 spiro atoms. The molecule has 0 atom stereocenters. The number of aryl methyl sites for hydroxylation is 2. The Morgan fingerprint density at radius 3 is 2.41 bits per heavy atom. The van der Waals surface area contributed by atoms with Gasteiger partial charge in [0.25, 0.3) is 5.91 Å². The number of hydrazone groups is 1. The van der Waals surface area contributed by atoms with Crippen molar-refractivity contribution in [2.75, 3.05) is 25.6 Å². The number of anilines is 1. The largest absolute Gasteiger partial charge is 0.493 e. The van der Waals surface area contributed by atoms with Crippen LogP contribution in [0.5, 0.6) is 11.5 Å². The van der Waals surface area contributed by atoms with Crippen LogP contribution in [0.25, 0.3) is 0 Å². The van der Waals surface area contributed by atoms with Gasteiger partial charge in [-0.1, -0.05) is 36.4 Å². The first-order chi connectivity index (χ1) is 17.9. The monoisotopic (exact) mass is 502 g/mol. The molecule has 3 amide bonds. The van der Waals surface area contributed by atoms with Gasteiger partial charge in [0.2, 0.25) is 0 Å². The zero-order valence-electron chi connectivity index (χ0n) is 21.0.